The van der Waals surface area contributed by atoms with Gasteiger partial charge < -0.3 is 13.9 Å². The molecule has 0 saturated carbocycles. The summed E-state index contributed by atoms with van der Waals surface area (Å²) in [5.74, 6) is 0.915. The number of furan rings is 1. The molecule has 0 radical (unpaired) electrons. The molecule has 0 aliphatic rings. The minimum Gasteiger partial charge on any atom is -0.467 e. The summed E-state index contributed by atoms with van der Waals surface area (Å²) in [6.45, 7) is 0. The summed E-state index contributed by atoms with van der Waals surface area (Å²) in [7, 11) is 2.95. The first-order chi connectivity index (χ1) is 7.33. The van der Waals surface area contributed by atoms with E-state index in [-0.39, 0.29) is 12.0 Å². The maximum absolute atomic E-state index is 5.15. The lowest BCUT2D eigenvalue weighted by molar-refractivity contribution is 0.340. The number of hydrogen-bond acceptors (Lipinski definition) is 6. The molecule has 0 spiro atoms. The number of ether oxygens (including phenoxy) is 2. The second-order valence-corrected chi connectivity index (χ2v) is 2.61. The van der Waals surface area contributed by atoms with Crippen molar-refractivity contribution in [3.8, 4) is 23.6 Å². The topological polar surface area (TPSA) is 70.3 Å². The van der Waals surface area contributed by atoms with Crippen molar-refractivity contribution < 1.29 is 13.9 Å². The average Bonchev–Trinajstić information content (AvgIpc) is 2.81. The Morgan fingerprint density at radius 1 is 1.07 bits per heavy atom. The van der Waals surface area contributed by atoms with E-state index < -0.39 is 0 Å². The third kappa shape index (κ3) is 1.88. The normalized spacial score (nSPS) is 10.0. The van der Waals surface area contributed by atoms with Crippen LogP contribution in [0.5, 0.6) is 12.0 Å². The summed E-state index contributed by atoms with van der Waals surface area (Å²) in [4.78, 5) is 11.9. The molecule has 0 atom stereocenters. The van der Waals surface area contributed by atoms with E-state index in [9.17, 15) is 0 Å². The number of nitrogens with zero attached hydrogens (tertiary/aromatic N) is 3. The van der Waals surface area contributed by atoms with Crippen LogP contribution < -0.4 is 9.47 Å². The summed E-state index contributed by atoms with van der Waals surface area (Å²) < 4.78 is 15.0. The monoisotopic (exact) mass is 207 g/mol. The van der Waals surface area contributed by atoms with Gasteiger partial charge in [-0.25, -0.2) is 0 Å². The molecule has 0 aliphatic heterocycles. The van der Waals surface area contributed by atoms with Gasteiger partial charge in [0.25, 0.3) is 0 Å². The first-order valence-electron chi connectivity index (χ1n) is 4.21. The van der Waals surface area contributed by atoms with Crippen LogP contribution in [0.25, 0.3) is 11.6 Å². The molecule has 0 unspecified atom stereocenters. The van der Waals surface area contributed by atoms with Crippen LogP contribution in [0, 0.1) is 0 Å². The van der Waals surface area contributed by atoms with Crippen molar-refractivity contribution >= 4 is 0 Å². The lowest BCUT2D eigenvalue weighted by Crippen LogP contribution is -2.00. The number of rotatable bonds is 3. The van der Waals surface area contributed by atoms with Crippen molar-refractivity contribution in [2.24, 2.45) is 0 Å². The minimum absolute atomic E-state index is 0.188. The van der Waals surface area contributed by atoms with E-state index in [1.807, 2.05) is 0 Å². The van der Waals surface area contributed by atoms with Crippen molar-refractivity contribution in [1.29, 1.82) is 0 Å². The molecular formula is C9H9N3O3. The van der Waals surface area contributed by atoms with Crippen LogP contribution in [0.1, 0.15) is 0 Å². The van der Waals surface area contributed by atoms with Gasteiger partial charge >= 0.3 is 12.0 Å². The van der Waals surface area contributed by atoms with E-state index in [1.165, 1.54) is 20.5 Å². The second-order valence-electron chi connectivity index (χ2n) is 2.61. The average molecular weight is 207 g/mol. The van der Waals surface area contributed by atoms with Crippen LogP contribution in [-0.4, -0.2) is 29.2 Å². The van der Waals surface area contributed by atoms with Crippen molar-refractivity contribution in [1.82, 2.24) is 15.0 Å². The second kappa shape index (κ2) is 3.95. The summed E-state index contributed by atoms with van der Waals surface area (Å²) in [6, 6.07) is 3.87. The Labute approximate surface area is 85.9 Å². The van der Waals surface area contributed by atoms with Crippen molar-refractivity contribution in [3.63, 3.8) is 0 Å². The fourth-order valence-corrected chi connectivity index (χ4v) is 1.04. The van der Waals surface area contributed by atoms with Crippen LogP contribution in [0.2, 0.25) is 0 Å². The first-order valence-corrected chi connectivity index (χ1v) is 4.21. The van der Waals surface area contributed by atoms with Crippen LogP contribution >= 0.6 is 0 Å². The molecule has 2 heterocycles. The lowest BCUT2D eigenvalue weighted by atomic mass is 10.4. The van der Waals surface area contributed by atoms with Gasteiger partial charge in [0, 0.05) is 0 Å². The molecule has 2 aromatic rings. The van der Waals surface area contributed by atoms with Gasteiger partial charge in [0.2, 0.25) is 5.82 Å². The third-order valence-corrected chi connectivity index (χ3v) is 1.70. The number of hydrogen-bond donors (Lipinski definition) is 0. The van der Waals surface area contributed by atoms with E-state index in [4.69, 9.17) is 13.9 Å². The fraction of sp³-hybridized carbons (Fsp3) is 0.222. The smallest absolute Gasteiger partial charge is 0.323 e. The molecular weight excluding hydrogens is 198 g/mol. The van der Waals surface area contributed by atoms with Gasteiger partial charge in [-0.2, -0.15) is 9.97 Å². The molecule has 0 amide bonds. The van der Waals surface area contributed by atoms with E-state index in [1.54, 1.807) is 12.1 Å². The zero-order valence-corrected chi connectivity index (χ0v) is 8.30. The highest BCUT2D eigenvalue weighted by Gasteiger charge is 2.10. The highest BCUT2D eigenvalue weighted by atomic mass is 16.5. The van der Waals surface area contributed by atoms with Crippen LogP contribution in [-0.2, 0) is 0 Å². The van der Waals surface area contributed by atoms with E-state index in [0.29, 0.717) is 11.6 Å². The third-order valence-electron chi connectivity index (χ3n) is 1.70. The molecule has 0 aliphatic carbocycles. The van der Waals surface area contributed by atoms with Gasteiger partial charge in [-0.05, 0) is 12.1 Å². The van der Waals surface area contributed by atoms with Gasteiger partial charge in [-0.1, -0.05) is 0 Å². The maximum atomic E-state index is 5.15. The van der Waals surface area contributed by atoms with E-state index >= 15 is 0 Å². The van der Waals surface area contributed by atoms with Gasteiger partial charge in [0.15, 0.2) is 5.76 Å². The van der Waals surface area contributed by atoms with Crippen LogP contribution in [0.3, 0.4) is 0 Å². The molecule has 2 aromatic heterocycles. The van der Waals surface area contributed by atoms with Gasteiger partial charge in [0.1, 0.15) is 0 Å². The quantitative estimate of drug-likeness (QED) is 0.751. The van der Waals surface area contributed by atoms with Gasteiger partial charge in [0.05, 0.1) is 20.5 Å². The molecule has 2 rings (SSSR count). The van der Waals surface area contributed by atoms with E-state index in [0.717, 1.165) is 0 Å². The standard InChI is InChI=1S/C9H9N3O3/c1-13-8-10-7(6-4-3-5-15-6)11-9(12-8)14-2/h3-5H,1-2H3. The van der Waals surface area contributed by atoms with E-state index in [2.05, 4.69) is 15.0 Å². The largest absolute Gasteiger partial charge is 0.467 e. The first kappa shape index (κ1) is 9.45. The molecule has 0 bridgehead atoms. The van der Waals surface area contributed by atoms with Crippen molar-refractivity contribution in [2.75, 3.05) is 14.2 Å². The predicted molar refractivity (Wildman–Crippen MR) is 50.6 cm³/mol. The molecule has 78 valence electrons. The SMILES string of the molecule is COc1nc(OC)nc(-c2ccco2)n1. The van der Waals surface area contributed by atoms with Crippen molar-refractivity contribution in [2.45, 2.75) is 0 Å². The van der Waals surface area contributed by atoms with Crippen molar-refractivity contribution in [3.05, 3.63) is 18.4 Å². The Hall–Kier alpha value is -2.11. The Balaban J connectivity index is 2.47. The minimum atomic E-state index is 0.188. The molecule has 0 saturated heterocycles. The lowest BCUT2D eigenvalue weighted by Gasteiger charge is -2.02. The predicted octanol–water partition coefficient (Wildman–Crippen LogP) is 1.15. The number of methoxy groups -OCH3 is 2. The van der Waals surface area contributed by atoms with Gasteiger partial charge in [-0.3, -0.25) is 0 Å². The summed E-state index contributed by atoms with van der Waals surface area (Å²) in [6.07, 6.45) is 1.54. The Morgan fingerprint density at radius 2 is 1.73 bits per heavy atom. The fourth-order valence-electron chi connectivity index (χ4n) is 1.04. The number of aromatic nitrogens is 3. The highest BCUT2D eigenvalue weighted by Crippen LogP contribution is 2.19. The molecule has 15 heavy (non-hydrogen) atoms. The zero-order valence-electron chi connectivity index (χ0n) is 8.30. The zero-order chi connectivity index (χ0) is 10.7. The van der Waals surface area contributed by atoms with Crippen LogP contribution in [0.15, 0.2) is 22.8 Å². The Kier molecular flexibility index (Phi) is 2.49. The summed E-state index contributed by atoms with van der Waals surface area (Å²) in [5.41, 5.74) is 0. The molecule has 6 nitrogen and oxygen atoms in total. The van der Waals surface area contributed by atoms with Gasteiger partial charge in [-0.15, -0.1) is 4.98 Å². The van der Waals surface area contributed by atoms with Crippen LogP contribution in [0.4, 0.5) is 0 Å². The molecule has 0 fully saturated rings. The maximum Gasteiger partial charge on any atom is 0.323 e. The molecule has 0 aromatic carbocycles. The highest BCUT2D eigenvalue weighted by molar-refractivity contribution is 5.46. The summed E-state index contributed by atoms with van der Waals surface area (Å²) in [5, 5.41) is 0. The molecule has 0 N–H and O–H groups in total. The Morgan fingerprint density at radius 3 is 2.20 bits per heavy atom. The molecule has 6 heteroatoms. The summed E-state index contributed by atoms with van der Waals surface area (Å²) >= 11 is 0. The Bertz CT molecular complexity index is 420.